The number of ether oxygens (including phenoxy) is 1. The molecule has 0 unspecified atom stereocenters. The molecule has 2 N–H and O–H groups in total. The first-order chi connectivity index (χ1) is 11.2. The van der Waals surface area contributed by atoms with Crippen LogP contribution in [0.15, 0.2) is 66.3 Å². The number of phenolic OH excluding ortho intramolecular Hbond substituents is 1. The van der Waals surface area contributed by atoms with E-state index in [1.807, 2.05) is 30.3 Å². The molecule has 1 amide bonds. The second-order valence-electron chi connectivity index (χ2n) is 4.75. The summed E-state index contributed by atoms with van der Waals surface area (Å²) in [6, 6.07) is 14.4. The lowest BCUT2D eigenvalue weighted by atomic mass is 10.1. The summed E-state index contributed by atoms with van der Waals surface area (Å²) in [7, 11) is 0. The first kappa shape index (κ1) is 16.3. The van der Waals surface area contributed by atoms with Gasteiger partial charge in [-0.05, 0) is 17.7 Å². The van der Waals surface area contributed by atoms with Crippen LogP contribution in [-0.4, -0.2) is 23.8 Å². The van der Waals surface area contributed by atoms with E-state index in [0.717, 1.165) is 5.56 Å². The number of hydrazone groups is 1. The maximum atomic E-state index is 11.8. The van der Waals surface area contributed by atoms with Crippen molar-refractivity contribution in [3.8, 4) is 11.5 Å². The Morgan fingerprint density at radius 2 is 2.00 bits per heavy atom. The van der Waals surface area contributed by atoms with Crippen LogP contribution in [-0.2, 0) is 11.2 Å². The van der Waals surface area contributed by atoms with Crippen molar-refractivity contribution in [1.29, 1.82) is 0 Å². The minimum absolute atomic E-state index is 0.0320. The Kier molecular flexibility index (Phi) is 5.94. The Balaban J connectivity index is 1.95. The molecule has 0 aliphatic carbocycles. The van der Waals surface area contributed by atoms with Gasteiger partial charge in [-0.3, -0.25) is 4.79 Å². The fraction of sp³-hybridized carbons (Fsp3) is 0.111. The fourth-order valence-electron chi connectivity index (χ4n) is 1.90. The molecule has 0 saturated carbocycles. The average molecular weight is 310 g/mol. The molecule has 2 rings (SSSR count). The molecule has 0 radical (unpaired) electrons. The lowest BCUT2D eigenvalue weighted by Crippen LogP contribution is -2.19. The van der Waals surface area contributed by atoms with Crippen molar-refractivity contribution in [3.05, 3.63) is 72.3 Å². The Labute approximate surface area is 134 Å². The predicted molar refractivity (Wildman–Crippen MR) is 89.7 cm³/mol. The molecular formula is C18H18N2O3. The minimum atomic E-state index is -0.231. The van der Waals surface area contributed by atoms with Crippen LogP contribution in [0.3, 0.4) is 0 Å². The molecule has 2 aromatic carbocycles. The van der Waals surface area contributed by atoms with Crippen LogP contribution in [0.2, 0.25) is 0 Å². The second-order valence-corrected chi connectivity index (χ2v) is 4.75. The van der Waals surface area contributed by atoms with Gasteiger partial charge in [0.15, 0.2) is 11.5 Å². The summed E-state index contributed by atoms with van der Waals surface area (Å²) in [5.41, 5.74) is 3.79. The van der Waals surface area contributed by atoms with Gasteiger partial charge in [0, 0.05) is 5.56 Å². The van der Waals surface area contributed by atoms with Crippen molar-refractivity contribution in [2.75, 3.05) is 6.61 Å². The highest BCUT2D eigenvalue weighted by atomic mass is 16.5. The van der Waals surface area contributed by atoms with Gasteiger partial charge in [0.05, 0.1) is 12.6 Å². The van der Waals surface area contributed by atoms with E-state index < -0.39 is 0 Å². The zero-order chi connectivity index (χ0) is 16.5. The highest BCUT2D eigenvalue weighted by Crippen LogP contribution is 2.28. The van der Waals surface area contributed by atoms with Gasteiger partial charge in [-0.2, -0.15) is 5.10 Å². The number of nitrogens with zero attached hydrogens (tertiary/aromatic N) is 1. The van der Waals surface area contributed by atoms with Crippen molar-refractivity contribution < 1.29 is 14.6 Å². The molecule has 0 spiro atoms. The van der Waals surface area contributed by atoms with E-state index in [9.17, 15) is 9.90 Å². The van der Waals surface area contributed by atoms with Crippen molar-refractivity contribution in [3.63, 3.8) is 0 Å². The molecule has 0 saturated heterocycles. The van der Waals surface area contributed by atoms with Crippen LogP contribution in [0, 0.1) is 0 Å². The van der Waals surface area contributed by atoms with Gasteiger partial charge < -0.3 is 9.84 Å². The number of benzene rings is 2. The SMILES string of the molecule is C=CCOc1cccc(/C=N/NC(=O)Cc2ccccc2)c1O. The Hall–Kier alpha value is -3.08. The Bertz CT molecular complexity index is 697. The summed E-state index contributed by atoms with van der Waals surface area (Å²) in [5, 5.41) is 13.9. The number of rotatable bonds is 7. The normalized spacial score (nSPS) is 10.4. The van der Waals surface area contributed by atoms with Gasteiger partial charge in [0.25, 0.3) is 0 Å². The van der Waals surface area contributed by atoms with E-state index in [1.165, 1.54) is 6.21 Å². The van der Waals surface area contributed by atoms with E-state index >= 15 is 0 Å². The number of para-hydroxylation sites is 1. The number of hydrogen-bond acceptors (Lipinski definition) is 4. The number of amides is 1. The topological polar surface area (TPSA) is 70.9 Å². The molecule has 0 atom stereocenters. The summed E-state index contributed by atoms with van der Waals surface area (Å²) in [5.74, 6) is 0.0749. The van der Waals surface area contributed by atoms with Crippen LogP contribution >= 0.6 is 0 Å². The van der Waals surface area contributed by atoms with E-state index in [4.69, 9.17) is 4.74 Å². The molecule has 118 valence electrons. The molecule has 0 bridgehead atoms. The second kappa shape index (κ2) is 8.38. The van der Waals surface area contributed by atoms with Crippen LogP contribution in [0.25, 0.3) is 0 Å². The third-order valence-electron chi connectivity index (χ3n) is 2.99. The third-order valence-corrected chi connectivity index (χ3v) is 2.99. The smallest absolute Gasteiger partial charge is 0.244 e. The zero-order valence-electron chi connectivity index (χ0n) is 12.6. The van der Waals surface area contributed by atoms with Crippen molar-refractivity contribution in [1.82, 2.24) is 5.43 Å². The molecule has 0 fully saturated rings. The van der Waals surface area contributed by atoms with E-state index in [2.05, 4.69) is 17.1 Å². The van der Waals surface area contributed by atoms with E-state index in [-0.39, 0.29) is 18.1 Å². The lowest BCUT2D eigenvalue weighted by molar-refractivity contribution is -0.120. The first-order valence-electron chi connectivity index (χ1n) is 7.12. The molecule has 23 heavy (non-hydrogen) atoms. The number of hydrogen-bond donors (Lipinski definition) is 2. The number of phenols is 1. The minimum Gasteiger partial charge on any atom is -0.504 e. The fourth-order valence-corrected chi connectivity index (χ4v) is 1.90. The average Bonchev–Trinajstić information content (AvgIpc) is 2.56. The quantitative estimate of drug-likeness (QED) is 0.469. The molecule has 0 aromatic heterocycles. The third kappa shape index (κ3) is 5.00. The molecular weight excluding hydrogens is 292 g/mol. The number of aromatic hydroxyl groups is 1. The molecule has 5 nitrogen and oxygen atoms in total. The Morgan fingerprint density at radius 3 is 2.74 bits per heavy atom. The number of nitrogens with one attached hydrogen (secondary N) is 1. The highest BCUT2D eigenvalue weighted by molar-refractivity contribution is 5.86. The van der Waals surface area contributed by atoms with Crippen molar-refractivity contribution in [2.24, 2.45) is 5.10 Å². The van der Waals surface area contributed by atoms with Gasteiger partial charge in [0.2, 0.25) is 5.91 Å². The van der Waals surface area contributed by atoms with E-state index in [0.29, 0.717) is 17.9 Å². The lowest BCUT2D eigenvalue weighted by Gasteiger charge is -2.07. The largest absolute Gasteiger partial charge is 0.504 e. The summed E-state index contributed by atoms with van der Waals surface area (Å²) >= 11 is 0. The maximum absolute atomic E-state index is 11.8. The predicted octanol–water partition coefficient (Wildman–Crippen LogP) is 2.65. The number of carbonyl (C=O) groups excluding carboxylic acids is 1. The van der Waals surface area contributed by atoms with Gasteiger partial charge in [-0.1, -0.05) is 49.1 Å². The Morgan fingerprint density at radius 1 is 1.22 bits per heavy atom. The van der Waals surface area contributed by atoms with Crippen LogP contribution in [0.1, 0.15) is 11.1 Å². The molecule has 2 aromatic rings. The van der Waals surface area contributed by atoms with Crippen LogP contribution < -0.4 is 10.2 Å². The van der Waals surface area contributed by atoms with E-state index in [1.54, 1.807) is 24.3 Å². The maximum Gasteiger partial charge on any atom is 0.244 e. The standard InChI is InChI=1S/C18H18N2O3/c1-2-11-23-16-10-6-9-15(18(16)22)13-19-20-17(21)12-14-7-4-3-5-8-14/h2-10,13,22H,1,11-12H2,(H,20,21)/b19-13+. The molecule has 0 heterocycles. The van der Waals surface area contributed by atoms with Crippen molar-refractivity contribution in [2.45, 2.75) is 6.42 Å². The highest BCUT2D eigenvalue weighted by Gasteiger charge is 2.06. The summed E-state index contributed by atoms with van der Waals surface area (Å²) in [6.45, 7) is 3.84. The summed E-state index contributed by atoms with van der Waals surface area (Å²) in [4.78, 5) is 11.8. The van der Waals surface area contributed by atoms with Gasteiger partial charge in [-0.25, -0.2) is 5.43 Å². The summed E-state index contributed by atoms with van der Waals surface area (Å²) in [6.07, 6.45) is 3.20. The number of carbonyl (C=O) groups is 1. The van der Waals surface area contributed by atoms with Gasteiger partial charge in [-0.15, -0.1) is 0 Å². The zero-order valence-corrected chi connectivity index (χ0v) is 12.6. The molecule has 0 aliphatic heterocycles. The van der Waals surface area contributed by atoms with Gasteiger partial charge in [0.1, 0.15) is 6.61 Å². The monoisotopic (exact) mass is 310 g/mol. The van der Waals surface area contributed by atoms with Crippen molar-refractivity contribution >= 4 is 12.1 Å². The first-order valence-corrected chi connectivity index (χ1v) is 7.12. The van der Waals surface area contributed by atoms with Crippen LogP contribution in [0.5, 0.6) is 11.5 Å². The van der Waals surface area contributed by atoms with Gasteiger partial charge >= 0.3 is 0 Å². The summed E-state index contributed by atoms with van der Waals surface area (Å²) < 4.78 is 5.32. The molecule has 0 aliphatic rings. The molecule has 5 heteroatoms. The van der Waals surface area contributed by atoms with Crippen LogP contribution in [0.4, 0.5) is 0 Å².